The molecule has 0 bridgehead atoms. The van der Waals surface area contributed by atoms with E-state index < -0.39 is 5.97 Å². The van der Waals surface area contributed by atoms with Crippen LogP contribution >= 0.6 is 0 Å². The van der Waals surface area contributed by atoms with Gasteiger partial charge in [0.25, 0.3) is 0 Å². The Morgan fingerprint density at radius 3 is 2.20 bits per heavy atom. The van der Waals surface area contributed by atoms with E-state index in [0.29, 0.717) is 6.04 Å². The van der Waals surface area contributed by atoms with E-state index in [0.717, 1.165) is 12.8 Å². The van der Waals surface area contributed by atoms with E-state index in [-0.39, 0.29) is 18.7 Å². The molecule has 15 heavy (non-hydrogen) atoms. The molecule has 0 unspecified atom stereocenters. The maximum Gasteiger partial charge on any atom is 0.516 e. The van der Waals surface area contributed by atoms with E-state index in [4.69, 9.17) is 5.11 Å². The molecular weight excluding hydrogens is 194 g/mol. The van der Waals surface area contributed by atoms with Gasteiger partial charge in [-0.15, -0.1) is 0 Å². The first kappa shape index (κ1) is 12.0. The van der Waals surface area contributed by atoms with Crippen molar-refractivity contribution in [1.82, 2.24) is 5.32 Å². The van der Waals surface area contributed by atoms with Gasteiger partial charge in [0.15, 0.2) is 0 Å². The first-order valence-electron chi connectivity index (χ1n) is 5.72. The average Bonchev–Trinajstić information content (AvgIpc) is 2.43. The summed E-state index contributed by atoms with van der Waals surface area (Å²) in [6.07, 6.45) is 7.21. The van der Waals surface area contributed by atoms with Gasteiger partial charge in [0.2, 0.25) is 5.91 Å². The second-order valence-corrected chi connectivity index (χ2v) is 4.18. The molecular formula is C11H20NO3+. The largest absolute Gasteiger partial charge is 0.565 e. The molecule has 1 fully saturated rings. The predicted octanol–water partition coefficient (Wildman–Crippen LogP) is 0.857. The van der Waals surface area contributed by atoms with Gasteiger partial charge in [-0.3, -0.25) is 4.79 Å². The van der Waals surface area contributed by atoms with Gasteiger partial charge in [0.05, 0.1) is 0 Å². The maximum atomic E-state index is 11.4. The van der Waals surface area contributed by atoms with E-state index in [1.807, 2.05) is 0 Å². The molecule has 3 N–H and O–H groups in total. The summed E-state index contributed by atoms with van der Waals surface area (Å²) in [6.45, 7) is 0. The fourth-order valence-electron chi connectivity index (χ4n) is 1.95. The van der Waals surface area contributed by atoms with Crippen LogP contribution in [0, 0.1) is 0 Å². The molecule has 0 saturated heterocycles. The summed E-state index contributed by atoms with van der Waals surface area (Å²) in [5, 5.41) is 9.65. The zero-order valence-corrected chi connectivity index (χ0v) is 9.05. The summed E-state index contributed by atoms with van der Waals surface area (Å²) in [5.74, 6) is -0.742. The van der Waals surface area contributed by atoms with Crippen LogP contribution in [0.3, 0.4) is 0 Å². The number of rotatable bonds is 4. The summed E-state index contributed by atoms with van der Waals surface area (Å²) in [4.78, 5) is 21.8. The van der Waals surface area contributed by atoms with Crippen molar-refractivity contribution in [3.05, 3.63) is 0 Å². The minimum absolute atomic E-state index is 0.0402. The molecule has 1 saturated carbocycles. The van der Waals surface area contributed by atoms with Gasteiger partial charge in [-0.25, -0.2) is 0 Å². The molecule has 1 amide bonds. The van der Waals surface area contributed by atoms with Crippen LogP contribution in [0.1, 0.15) is 51.4 Å². The monoisotopic (exact) mass is 214 g/mol. The SMILES string of the molecule is O=C([OH2+])CCC(=O)NC1CCCCCC1. The van der Waals surface area contributed by atoms with Crippen LogP contribution in [0.25, 0.3) is 0 Å². The van der Waals surface area contributed by atoms with Gasteiger partial charge in [-0.05, 0) is 12.8 Å². The number of amides is 1. The third-order valence-corrected chi connectivity index (χ3v) is 2.80. The van der Waals surface area contributed by atoms with Crippen molar-refractivity contribution in [3.8, 4) is 0 Å². The van der Waals surface area contributed by atoms with Crippen LogP contribution < -0.4 is 5.32 Å². The normalized spacial score (nSPS) is 18.1. The molecule has 0 aliphatic heterocycles. The van der Waals surface area contributed by atoms with Gasteiger partial charge < -0.3 is 10.4 Å². The molecule has 1 aliphatic rings. The lowest BCUT2D eigenvalue weighted by Gasteiger charge is -2.15. The van der Waals surface area contributed by atoms with Crippen molar-refractivity contribution in [2.24, 2.45) is 0 Å². The van der Waals surface area contributed by atoms with E-state index in [1.54, 1.807) is 0 Å². The highest BCUT2D eigenvalue weighted by Crippen LogP contribution is 2.17. The van der Waals surface area contributed by atoms with Crippen molar-refractivity contribution in [3.63, 3.8) is 0 Å². The number of hydrogen-bond acceptors (Lipinski definition) is 2. The van der Waals surface area contributed by atoms with E-state index >= 15 is 0 Å². The average molecular weight is 214 g/mol. The smallest absolute Gasteiger partial charge is 0.516 e. The predicted molar refractivity (Wildman–Crippen MR) is 57.5 cm³/mol. The second-order valence-electron chi connectivity index (χ2n) is 4.18. The van der Waals surface area contributed by atoms with Crippen molar-refractivity contribution in [2.75, 3.05) is 0 Å². The number of nitrogens with one attached hydrogen (secondary N) is 1. The lowest BCUT2D eigenvalue weighted by Crippen LogP contribution is -2.34. The Balaban J connectivity index is 2.20. The molecule has 1 rings (SSSR count). The molecule has 1 aliphatic carbocycles. The van der Waals surface area contributed by atoms with Crippen LogP contribution in [-0.2, 0) is 9.59 Å². The Bertz CT molecular complexity index is 220. The van der Waals surface area contributed by atoms with E-state index in [1.165, 1.54) is 25.7 Å². The lowest BCUT2D eigenvalue weighted by atomic mass is 10.1. The van der Waals surface area contributed by atoms with E-state index in [9.17, 15) is 9.59 Å². The fraction of sp³-hybridized carbons (Fsp3) is 0.818. The van der Waals surface area contributed by atoms with Crippen LogP contribution in [-0.4, -0.2) is 23.0 Å². The Morgan fingerprint density at radius 2 is 1.67 bits per heavy atom. The fourth-order valence-corrected chi connectivity index (χ4v) is 1.95. The second kappa shape index (κ2) is 6.43. The van der Waals surface area contributed by atoms with Crippen molar-refractivity contribution in [1.29, 1.82) is 0 Å². The maximum absolute atomic E-state index is 11.4. The van der Waals surface area contributed by atoms with Crippen molar-refractivity contribution >= 4 is 11.9 Å². The molecule has 0 atom stereocenters. The summed E-state index contributed by atoms with van der Waals surface area (Å²) in [7, 11) is 0. The molecule has 0 heterocycles. The Labute approximate surface area is 90.0 Å². The highest BCUT2D eigenvalue weighted by atomic mass is 16.4. The first-order chi connectivity index (χ1) is 7.18. The first-order valence-corrected chi connectivity index (χ1v) is 5.72. The van der Waals surface area contributed by atoms with Crippen LogP contribution in [0.5, 0.6) is 0 Å². The van der Waals surface area contributed by atoms with Gasteiger partial charge in [0.1, 0.15) is 6.42 Å². The molecule has 0 radical (unpaired) electrons. The summed E-state index contributed by atoms with van der Waals surface area (Å²) in [5.41, 5.74) is 0. The zero-order valence-electron chi connectivity index (χ0n) is 9.05. The zero-order chi connectivity index (χ0) is 11.1. The number of hydrogen-bond donors (Lipinski definition) is 1. The van der Waals surface area contributed by atoms with Crippen LogP contribution in [0.2, 0.25) is 0 Å². The van der Waals surface area contributed by atoms with E-state index in [2.05, 4.69) is 5.32 Å². The molecule has 86 valence electrons. The van der Waals surface area contributed by atoms with Crippen molar-refractivity contribution < 1.29 is 14.7 Å². The highest BCUT2D eigenvalue weighted by molar-refractivity contribution is 5.80. The van der Waals surface area contributed by atoms with Gasteiger partial charge in [-0.2, -0.15) is 0 Å². The van der Waals surface area contributed by atoms with Gasteiger partial charge >= 0.3 is 5.97 Å². The molecule has 0 aromatic carbocycles. The summed E-state index contributed by atoms with van der Waals surface area (Å²) < 4.78 is 0. The Kier molecular flexibility index (Phi) is 5.15. The highest BCUT2D eigenvalue weighted by Gasteiger charge is 2.16. The Morgan fingerprint density at radius 1 is 1.07 bits per heavy atom. The van der Waals surface area contributed by atoms with Gasteiger partial charge in [-0.1, -0.05) is 25.7 Å². The molecule has 0 aromatic rings. The molecule has 4 nitrogen and oxygen atoms in total. The minimum atomic E-state index is -0.661. The molecule has 0 aromatic heterocycles. The van der Waals surface area contributed by atoms with Crippen LogP contribution in [0.4, 0.5) is 0 Å². The Hall–Kier alpha value is -1.06. The van der Waals surface area contributed by atoms with Crippen LogP contribution in [0.15, 0.2) is 0 Å². The van der Waals surface area contributed by atoms with Crippen molar-refractivity contribution in [2.45, 2.75) is 57.4 Å². The third-order valence-electron chi connectivity index (χ3n) is 2.80. The lowest BCUT2D eigenvalue weighted by molar-refractivity contribution is -0.138. The standard InChI is InChI=1S/C11H19NO3/c13-10(7-8-11(14)15)12-9-5-3-1-2-4-6-9/h9H,1-8H2,(H,12,13)(H,14,15)/p+1. The summed E-state index contributed by atoms with van der Waals surface area (Å²) >= 11 is 0. The molecule has 0 spiro atoms. The topological polar surface area (TPSA) is 69.1 Å². The number of carbonyl (C=O) groups excluding carboxylic acids is 2. The number of carbonyl (C=O) groups is 2. The third kappa shape index (κ3) is 5.40. The van der Waals surface area contributed by atoms with Gasteiger partial charge in [0, 0.05) is 17.3 Å². The minimum Gasteiger partial charge on any atom is -0.565 e. The molecule has 4 heteroatoms. The quantitative estimate of drug-likeness (QED) is 0.557. The summed E-state index contributed by atoms with van der Waals surface area (Å²) in [6, 6.07) is 0.292.